The van der Waals surface area contributed by atoms with Crippen molar-refractivity contribution in [1.82, 2.24) is 4.90 Å². The predicted molar refractivity (Wildman–Crippen MR) is 82.5 cm³/mol. The highest BCUT2D eigenvalue weighted by molar-refractivity contribution is 5.76. The average molecular weight is 291 g/mol. The lowest BCUT2D eigenvalue weighted by Crippen LogP contribution is -2.41. The van der Waals surface area contributed by atoms with Gasteiger partial charge in [0.1, 0.15) is 5.75 Å². The Kier molecular flexibility index (Phi) is 6.05. The van der Waals surface area contributed by atoms with E-state index in [4.69, 9.17) is 9.47 Å². The molecule has 1 fully saturated rings. The van der Waals surface area contributed by atoms with E-state index < -0.39 is 0 Å². The third-order valence-corrected chi connectivity index (χ3v) is 4.06. The summed E-state index contributed by atoms with van der Waals surface area (Å²) >= 11 is 0. The lowest BCUT2D eigenvalue weighted by Gasteiger charge is -2.32. The minimum Gasteiger partial charge on any atom is -0.497 e. The fourth-order valence-electron chi connectivity index (χ4n) is 2.86. The van der Waals surface area contributed by atoms with Gasteiger partial charge in [-0.1, -0.05) is 12.1 Å². The second-order valence-corrected chi connectivity index (χ2v) is 5.65. The minimum absolute atomic E-state index is 0.256. The number of amides is 1. The molecule has 1 atom stereocenters. The zero-order valence-corrected chi connectivity index (χ0v) is 13.0. The van der Waals surface area contributed by atoms with Crippen molar-refractivity contribution >= 4 is 5.91 Å². The Morgan fingerprint density at radius 3 is 2.71 bits per heavy atom. The quantitative estimate of drug-likeness (QED) is 0.808. The highest BCUT2D eigenvalue weighted by Crippen LogP contribution is 2.18. The summed E-state index contributed by atoms with van der Waals surface area (Å²) in [6.07, 6.45) is 3.61. The van der Waals surface area contributed by atoms with E-state index in [1.165, 1.54) is 5.56 Å². The molecular weight excluding hydrogens is 266 g/mol. The van der Waals surface area contributed by atoms with Crippen LogP contribution in [0.15, 0.2) is 24.3 Å². The smallest absolute Gasteiger partial charge is 0.222 e. The number of benzene rings is 1. The number of hydrogen-bond acceptors (Lipinski definition) is 3. The van der Waals surface area contributed by atoms with Crippen molar-refractivity contribution in [3.05, 3.63) is 29.8 Å². The number of hydrogen-bond donors (Lipinski definition) is 0. The minimum atomic E-state index is 0.256. The lowest BCUT2D eigenvalue weighted by molar-refractivity contribution is -0.133. The maximum Gasteiger partial charge on any atom is 0.222 e. The van der Waals surface area contributed by atoms with Crippen LogP contribution in [0, 0.1) is 5.92 Å². The highest BCUT2D eigenvalue weighted by Gasteiger charge is 2.23. The standard InChI is InChI=1S/C17H25NO3/c1-20-13-15-4-3-11-18(12-15)17(19)10-7-14-5-8-16(21-2)9-6-14/h5-6,8-9,15H,3-4,7,10-13H2,1-2H3. The zero-order chi connectivity index (χ0) is 15.1. The Balaban J connectivity index is 1.80. The van der Waals surface area contributed by atoms with Crippen molar-refractivity contribution in [2.45, 2.75) is 25.7 Å². The first-order valence-corrected chi connectivity index (χ1v) is 7.62. The van der Waals surface area contributed by atoms with Crippen LogP contribution < -0.4 is 4.74 Å². The molecule has 1 amide bonds. The topological polar surface area (TPSA) is 38.8 Å². The van der Waals surface area contributed by atoms with Crippen molar-refractivity contribution in [2.75, 3.05) is 33.9 Å². The van der Waals surface area contributed by atoms with E-state index in [-0.39, 0.29) is 5.91 Å². The second kappa shape index (κ2) is 8.03. The SMILES string of the molecule is COCC1CCCN(C(=O)CCc2ccc(OC)cc2)C1. The molecule has 21 heavy (non-hydrogen) atoms. The molecule has 0 aromatic heterocycles. The highest BCUT2D eigenvalue weighted by atomic mass is 16.5. The summed E-state index contributed by atoms with van der Waals surface area (Å²) in [5.74, 6) is 1.60. The van der Waals surface area contributed by atoms with E-state index in [0.717, 1.165) is 44.7 Å². The van der Waals surface area contributed by atoms with E-state index in [0.29, 0.717) is 12.3 Å². The van der Waals surface area contributed by atoms with Gasteiger partial charge in [0.15, 0.2) is 0 Å². The van der Waals surface area contributed by atoms with E-state index in [1.54, 1.807) is 14.2 Å². The molecular formula is C17H25NO3. The summed E-state index contributed by atoms with van der Waals surface area (Å²) in [6.45, 7) is 2.49. The molecule has 1 aliphatic rings. The number of nitrogens with zero attached hydrogens (tertiary/aromatic N) is 1. The van der Waals surface area contributed by atoms with Gasteiger partial charge < -0.3 is 14.4 Å². The van der Waals surface area contributed by atoms with Crippen molar-refractivity contribution in [2.24, 2.45) is 5.92 Å². The third-order valence-electron chi connectivity index (χ3n) is 4.06. The van der Waals surface area contributed by atoms with Crippen LogP contribution in [0.4, 0.5) is 0 Å². The van der Waals surface area contributed by atoms with Gasteiger partial charge in [-0.25, -0.2) is 0 Å². The van der Waals surface area contributed by atoms with Crippen LogP contribution in [0.1, 0.15) is 24.8 Å². The first-order valence-electron chi connectivity index (χ1n) is 7.62. The molecule has 1 aromatic carbocycles. The Labute approximate surface area is 127 Å². The van der Waals surface area contributed by atoms with Gasteiger partial charge in [0.2, 0.25) is 5.91 Å². The van der Waals surface area contributed by atoms with Gasteiger partial charge in [-0.3, -0.25) is 4.79 Å². The monoisotopic (exact) mass is 291 g/mol. The normalized spacial score (nSPS) is 18.6. The largest absolute Gasteiger partial charge is 0.497 e. The second-order valence-electron chi connectivity index (χ2n) is 5.65. The number of likely N-dealkylation sites (tertiary alicyclic amines) is 1. The van der Waals surface area contributed by atoms with Crippen molar-refractivity contribution < 1.29 is 14.3 Å². The first kappa shape index (κ1) is 15.8. The molecule has 1 unspecified atom stereocenters. The molecule has 0 N–H and O–H groups in total. The lowest BCUT2D eigenvalue weighted by atomic mass is 9.98. The summed E-state index contributed by atoms with van der Waals surface area (Å²) in [4.78, 5) is 14.3. The third kappa shape index (κ3) is 4.74. The predicted octanol–water partition coefficient (Wildman–Crippen LogP) is 2.51. The summed E-state index contributed by atoms with van der Waals surface area (Å²) in [7, 11) is 3.38. The molecule has 0 spiro atoms. The molecule has 4 heteroatoms. The molecule has 0 saturated carbocycles. The Bertz CT molecular complexity index is 442. The summed E-state index contributed by atoms with van der Waals surface area (Å²) in [6, 6.07) is 7.93. The number of carbonyl (C=O) groups is 1. The van der Waals surface area contributed by atoms with E-state index in [1.807, 2.05) is 29.2 Å². The number of piperidine rings is 1. The van der Waals surface area contributed by atoms with Gasteiger partial charge in [0.25, 0.3) is 0 Å². The molecule has 4 nitrogen and oxygen atoms in total. The van der Waals surface area contributed by atoms with Crippen molar-refractivity contribution in [3.8, 4) is 5.75 Å². The fourth-order valence-corrected chi connectivity index (χ4v) is 2.86. The van der Waals surface area contributed by atoms with Crippen LogP contribution in [0.5, 0.6) is 5.75 Å². The van der Waals surface area contributed by atoms with Gasteiger partial charge in [0.05, 0.1) is 13.7 Å². The molecule has 1 saturated heterocycles. The molecule has 2 rings (SSSR count). The number of rotatable bonds is 6. The number of carbonyl (C=O) groups excluding carboxylic acids is 1. The molecule has 0 aliphatic carbocycles. The maximum atomic E-state index is 12.3. The van der Waals surface area contributed by atoms with E-state index >= 15 is 0 Å². The van der Waals surface area contributed by atoms with Crippen molar-refractivity contribution in [3.63, 3.8) is 0 Å². The summed E-state index contributed by atoms with van der Waals surface area (Å²) in [5.41, 5.74) is 1.18. The summed E-state index contributed by atoms with van der Waals surface area (Å²) < 4.78 is 10.3. The molecule has 0 bridgehead atoms. The first-order chi connectivity index (χ1) is 10.2. The van der Waals surface area contributed by atoms with Crippen LogP contribution in [-0.4, -0.2) is 44.7 Å². The number of ether oxygens (including phenoxy) is 2. The Morgan fingerprint density at radius 2 is 2.05 bits per heavy atom. The van der Waals surface area contributed by atoms with Gasteiger partial charge in [-0.05, 0) is 42.9 Å². The van der Waals surface area contributed by atoms with Gasteiger partial charge in [-0.2, -0.15) is 0 Å². The van der Waals surface area contributed by atoms with Crippen LogP contribution in [0.3, 0.4) is 0 Å². The van der Waals surface area contributed by atoms with Gasteiger partial charge in [0, 0.05) is 26.6 Å². The van der Waals surface area contributed by atoms with E-state index in [9.17, 15) is 4.79 Å². The number of methoxy groups -OCH3 is 2. The van der Waals surface area contributed by atoms with Gasteiger partial charge in [-0.15, -0.1) is 0 Å². The fraction of sp³-hybridized carbons (Fsp3) is 0.588. The maximum absolute atomic E-state index is 12.3. The van der Waals surface area contributed by atoms with Crippen LogP contribution in [0.25, 0.3) is 0 Å². The molecule has 1 aliphatic heterocycles. The molecule has 1 heterocycles. The molecule has 1 aromatic rings. The van der Waals surface area contributed by atoms with Crippen LogP contribution in [-0.2, 0) is 16.0 Å². The number of aryl methyl sites for hydroxylation is 1. The molecule has 0 radical (unpaired) electrons. The van der Waals surface area contributed by atoms with Crippen LogP contribution in [0.2, 0.25) is 0 Å². The van der Waals surface area contributed by atoms with Crippen molar-refractivity contribution in [1.29, 1.82) is 0 Å². The van der Waals surface area contributed by atoms with E-state index in [2.05, 4.69) is 0 Å². The van der Waals surface area contributed by atoms with Gasteiger partial charge >= 0.3 is 0 Å². The summed E-state index contributed by atoms with van der Waals surface area (Å²) in [5, 5.41) is 0. The zero-order valence-electron chi connectivity index (χ0n) is 13.0. The van der Waals surface area contributed by atoms with Crippen LogP contribution >= 0.6 is 0 Å². The Hall–Kier alpha value is -1.55. The molecule has 116 valence electrons. The average Bonchev–Trinajstić information content (AvgIpc) is 2.53. The Morgan fingerprint density at radius 1 is 1.29 bits per heavy atom.